The first kappa shape index (κ1) is 32.6. The van der Waals surface area contributed by atoms with Crippen molar-refractivity contribution in [3.8, 4) is 0 Å². The minimum absolute atomic E-state index is 0.549. The lowest BCUT2D eigenvalue weighted by Crippen LogP contribution is -2.36. The van der Waals surface area contributed by atoms with Crippen molar-refractivity contribution in [1.29, 1.82) is 0 Å². The predicted molar refractivity (Wildman–Crippen MR) is 168 cm³/mol. The van der Waals surface area contributed by atoms with Crippen LogP contribution in [0.15, 0.2) is 42.5 Å². The molecule has 4 aliphatic heterocycles. The van der Waals surface area contributed by atoms with Gasteiger partial charge in [0, 0.05) is 36.0 Å². The molecule has 4 heterocycles. The number of aliphatic imine (C=N–C) groups is 4. The van der Waals surface area contributed by atoms with Gasteiger partial charge in [-0.3, -0.25) is 0 Å². The van der Waals surface area contributed by atoms with Crippen LogP contribution in [-0.2, 0) is 28.4 Å². The van der Waals surface area contributed by atoms with Crippen LogP contribution < -0.4 is 0 Å². The van der Waals surface area contributed by atoms with Crippen LogP contribution in [0.25, 0.3) is 0 Å². The Labute approximate surface area is 252 Å². The van der Waals surface area contributed by atoms with Gasteiger partial charge in [0.05, 0.1) is 76.9 Å². The summed E-state index contributed by atoms with van der Waals surface area (Å²) in [5.74, 6) is 1.37. The first-order valence-electron chi connectivity index (χ1n) is 14.8. The van der Waals surface area contributed by atoms with E-state index < -0.39 is 10.9 Å². The SMILES string of the molecule is CCOCCOCCOCCC1=C(C)N2C(=NC3=S2N2C(=N3)N=C(C)C(CCOCCOCCOCC)=C2C)N=C1C. The largest absolute Gasteiger partial charge is 0.379 e. The smallest absolute Gasteiger partial charge is 0.243 e. The highest BCUT2D eigenvalue weighted by atomic mass is 32.2. The van der Waals surface area contributed by atoms with Gasteiger partial charge in [0.25, 0.3) is 0 Å². The standard InChI is InChI=1S/C29H46N6O6S/c1-7-36-13-15-40-19-17-38-11-9-25-21(3)30-27-32-29-33-28-31-22(4)26(10-12-39-18-20-41-16-14-37-8-2)24(6)35(28)42(29)34(27)23(25)5/h7-20H2,1-6H3. The third kappa shape index (κ3) is 8.01. The van der Waals surface area contributed by atoms with Crippen LogP contribution in [0.2, 0.25) is 0 Å². The van der Waals surface area contributed by atoms with Crippen molar-refractivity contribution in [2.24, 2.45) is 20.0 Å². The number of allylic oxidation sites excluding steroid dienone is 2. The van der Waals surface area contributed by atoms with E-state index in [1.54, 1.807) is 0 Å². The summed E-state index contributed by atoms with van der Waals surface area (Å²) in [7, 11) is -0.561. The van der Waals surface area contributed by atoms with E-state index >= 15 is 0 Å². The van der Waals surface area contributed by atoms with Gasteiger partial charge in [-0.2, -0.15) is 9.98 Å². The molecule has 0 amide bonds. The van der Waals surface area contributed by atoms with Gasteiger partial charge in [-0.1, -0.05) is 0 Å². The third-order valence-corrected chi connectivity index (χ3v) is 9.12. The van der Waals surface area contributed by atoms with Gasteiger partial charge >= 0.3 is 0 Å². The van der Waals surface area contributed by atoms with Crippen LogP contribution >= 0.6 is 10.9 Å². The molecule has 13 heteroatoms. The quantitative estimate of drug-likeness (QED) is 0.151. The highest BCUT2D eigenvalue weighted by molar-refractivity contribution is 8.13. The average molecular weight is 607 g/mol. The van der Waals surface area contributed by atoms with Gasteiger partial charge < -0.3 is 28.4 Å². The molecule has 0 unspecified atom stereocenters. The summed E-state index contributed by atoms with van der Waals surface area (Å²) in [6, 6.07) is 0. The first-order valence-corrected chi connectivity index (χ1v) is 16.0. The maximum absolute atomic E-state index is 5.86. The van der Waals surface area contributed by atoms with Crippen LogP contribution in [-0.4, -0.2) is 116 Å². The number of guanidine groups is 2. The molecule has 0 aromatic rings. The lowest BCUT2D eigenvalue weighted by Gasteiger charge is -2.36. The second-order valence-electron chi connectivity index (χ2n) is 9.82. The van der Waals surface area contributed by atoms with Crippen LogP contribution in [0.1, 0.15) is 54.4 Å². The lowest BCUT2D eigenvalue weighted by atomic mass is 10.1. The molecule has 0 fully saturated rings. The second kappa shape index (κ2) is 16.6. The molecule has 234 valence electrons. The van der Waals surface area contributed by atoms with E-state index in [2.05, 4.69) is 22.5 Å². The van der Waals surface area contributed by atoms with Crippen molar-refractivity contribution < 1.29 is 28.4 Å². The van der Waals surface area contributed by atoms with E-state index in [9.17, 15) is 0 Å². The molecule has 0 aromatic heterocycles. The normalized spacial score (nSPS) is 18.4. The Balaban J connectivity index is 1.33. The number of nitrogens with zero attached hydrogens (tertiary/aromatic N) is 6. The summed E-state index contributed by atoms with van der Waals surface area (Å²) >= 11 is 0. The van der Waals surface area contributed by atoms with E-state index in [1.165, 1.54) is 11.1 Å². The Morgan fingerprint density at radius 3 is 1.24 bits per heavy atom. The Hall–Kier alpha value is -2.26. The van der Waals surface area contributed by atoms with Gasteiger partial charge in [-0.15, -0.1) is 0 Å². The molecule has 0 atom stereocenters. The molecular formula is C29H46N6O6S. The zero-order valence-corrected chi connectivity index (χ0v) is 26.8. The van der Waals surface area contributed by atoms with E-state index in [-0.39, 0.29) is 0 Å². The fourth-order valence-corrected chi connectivity index (χ4v) is 6.94. The average Bonchev–Trinajstić information content (AvgIpc) is 3.49. The van der Waals surface area contributed by atoms with Gasteiger partial charge in [-0.05, 0) is 65.5 Å². The molecule has 0 saturated heterocycles. The Kier molecular flexibility index (Phi) is 12.9. The van der Waals surface area contributed by atoms with Crippen LogP contribution in [0.3, 0.4) is 0 Å². The summed E-state index contributed by atoms with van der Waals surface area (Å²) in [6.45, 7) is 19.5. The van der Waals surface area contributed by atoms with Crippen molar-refractivity contribution >= 4 is 39.3 Å². The van der Waals surface area contributed by atoms with Crippen molar-refractivity contribution in [3.05, 3.63) is 22.5 Å². The van der Waals surface area contributed by atoms with Crippen molar-refractivity contribution in [2.75, 3.05) is 79.3 Å². The fourth-order valence-electron chi connectivity index (χ4n) is 4.91. The van der Waals surface area contributed by atoms with Gasteiger partial charge in [0.15, 0.2) is 0 Å². The summed E-state index contributed by atoms with van der Waals surface area (Å²) in [6.07, 6.45) is 1.52. The highest BCUT2D eigenvalue weighted by Gasteiger charge is 2.42. The maximum atomic E-state index is 5.86. The van der Waals surface area contributed by atoms with E-state index in [4.69, 9.17) is 48.4 Å². The minimum atomic E-state index is -0.561. The number of hydrogen-bond donors (Lipinski definition) is 0. The number of rotatable bonds is 20. The molecule has 12 nitrogen and oxygen atoms in total. The molecule has 0 saturated carbocycles. The third-order valence-electron chi connectivity index (χ3n) is 7.04. The van der Waals surface area contributed by atoms with Crippen LogP contribution in [0.4, 0.5) is 0 Å². The molecule has 4 rings (SSSR count). The van der Waals surface area contributed by atoms with Crippen molar-refractivity contribution in [2.45, 2.75) is 54.4 Å². The minimum Gasteiger partial charge on any atom is -0.379 e. The van der Waals surface area contributed by atoms with Crippen molar-refractivity contribution in [3.63, 3.8) is 0 Å². The fraction of sp³-hybridized carbons (Fsp3) is 0.690. The Bertz CT molecular complexity index is 1100. The molecule has 0 aromatic carbocycles. The molecule has 4 aliphatic rings. The predicted octanol–water partition coefficient (Wildman–Crippen LogP) is 3.93. The van der Waals surface area contributed by atoms with Gasteiger partial charge in [-0.25, -0.2) is 18.6 Å². The summed E-state index contributed by atoms with van der Waals surface area (Å²) in [5.41, 5.74) is 6.52. The van der Waals surface area contributed by atoms with Crippen molar-refractivity contribution in [1.82, 2.24) is 8.61 Å². The zero-order chi connectivity index (χ0) is 29.9. The molecule has 0 radical (unpaired) electrons. The summed E-state index contributed by atoms with van der Waals surface area (Å²) in [4.78, 5) is 19.3. The molecular weight excluding hydrogens is 560 g/mol. The second-order valence-corrected chi connectivity index (χ2v) is 11.4. The number of hydrogen-bond acceptors (Lipinski definition) is 12. The summed E-state index contributed by atoms with van der Waals surface area (Å²) in [5, 5.41) is 0.746. The zero-order valence-electron chi connectivity index (χ0n) is 25.9. The Morgan fingerprint density at radius 1 is 0.500 bits per heavy atom. The van der Waals surface area contributed by atoms with Gasteiger partial charge in [0.2, 0.25) is 17.0 Å². The molecule has 0 N–H and O–H groups in total. The molecule has 0 aliphatic carbocycles. The van der Waals surface area contributed by atoms with Gasteiger partial charge in [0.1, 0.15) is 0 Å². The maximum Gasteiger partial charge on any atom is 0.243 e. The number of fused-ring (bicyclic) bond motifs is 4. The summed E-state index contributed by atoms with van der Waals surface area (Å²) < 4.78 is 37.8. The van der Waals surface area contributed by atoms with E-state index in [1.807, 2.05) is 27.7 Å². The first-order chi connectivity index (χ1) is 20.5. The Morgan fingerprint density at radius 2 is 0.857 bits per heavy atom. The van der Waals surface area contributed by atoms with Crippen LogP contribution in [0.5, 0.6) is 0 Å². The topological polar surface area (TPSA) is 111 Å². The van der Waals surface area contributed by atoms with Crippen LogP contribution in [0, 0.1) is 0 Å². The highest BCUT2D eigenvalue weighted by Crippen LogP contribution is 2.47. The molecule has 0 spiro atoms. The lowest BCUT2D eigenvalue weighted by molar-refractivity contribution is 0.0176. The number of ether oxygens (including phenoxy) is 6. The monoisotopic (exact) mass is 606 g/mol. The molecule has 42 heavy (non-hydrogen) atoms. The molecule has 0 bridgehead atoms. The van der Waals surface area contributed by atoms with E-state index in [0.717, 1.165) is 40.8 Å². The van der Waals surface area contributed by atoms with E-state index in [0.29, 0.717) is 91.2 Å².